The first-order valence-corrected chi connectivity index (χ1v) is 21.1. The first-order valence-electron chi connectivity index (χ1n) is 21.1. The Kier molecular flexibility index (Phi) is 20.1. The molecule has 0 amide bonds. The summed E-state index contributed by atoms with van der Waals surface area (Å²) >= 11 is 0. The Morgan fingerprint density at radius 2 is 0.526 bits per heavy atom. The molecule has 2 heterocycles. The molecule has 29 heteroatoms. The summed E-state index contributed by atoms with van der Waals surface area (Å²) < 4.78 is 346. The average Bonchev–Trinajstić information content (AvgIpc) is 3.30. The van der Waals surface area contributed by atoms with Gasteiger partial charge in [-0.3, -0.25) is 9.97 Å². The van der Waals surface area contributed by atoms with Crippen molar-refractivity contribution in [1.82, 2.24) is 9.97 Å². The van der Waals surface area contributed by atoms with E-state index < -0.39 is 195 Å². The van der Waals surface area contributed by atoms with E-state index in [0.717, 1.165) is 35.0 Å². The fourth-order valence-corrected chi connectivity index (χ4v) is 7.95. The molecule has 0 radical (unpaired) electrons. The molecule has 3 nitrogen and oxygen atoms in total. The molecule has 0 bridgehead atoms. The number of hydrogen-bond donors (Lipinski definition) is 0. The Labute approximate surface area is 439 Å². The summed E-state index contributed by atoms with van der Waals surface area (Å²) in [4.78, 5) is 8.69. The van der Waals surface area contributed by atoms with E-state index in [0.29, 0.717) is 0 Å². The molecule has 0 saturated heterocycles. The van der Waals surface area contributed by atoms with Crippen molar-refractivity contribution >= 4 is 49.8 Å². The van der Waals surface area contributed by atoms with Crippen LogP contribution in [0.25, 0.3) is 21.8 Å². The van der Waals surface area contributed by atoms with Gasteiger partial charge in [0.1, 0.15) is 6.15 Å². The number of alkyl halides is 24. The Bertz CT molecular complexity index is 2680. The monoisotopic (exact) mass is 1240 g/mol. The molecule has 0 unspecified atom stereocenters. The van der Waals surface area contributed by atoms with Gasteiger partial charge in [-0.25, -0.2) is 0 Å². The molecule has 0 fully saturated rings. The second-order valence-corrected chi connectivity index (χ2v) is 16.2. The molecule has 0 spiro atoms. The SMILES string of the molecule is CCOCC.FC(F)(F)c1cc([B-](c2cc(C(F)(F)F)cc(C(F)(F)F)c2)(c2cc(C(F)(F)F)cc(C(F)(F)F)c2)c2cc(C(F)(F)F)cc(C(F)(F)F)c2)cc(C(F)(F)F)c1.[CH3-].[Pd+2].c1cnc2c(c1)ccc1cccnc12. The van der Waals surface area contributed by atoms with Crippen molar-refractivity contribution in [2.75, 3.05) is 13.2 Å². The molecule has 0 aliphatic carbocycles. The topological polar surface area (TPSA) is 35.0 Å². The first kappa shape index (κ1) is 66.2. The summed E-state index contributed by atoms with van der Waals surface area (Å²) in [6.45, 7) is 5.67. The van der Waals surface area contributed by atoms with Gasteiger partial charge in [0, 0.05) is 36.4 Å². The molecule has 5 aromatic carbocycles. The normalized spacial score (nSPS) is 12.9. The third-order valence-corrected chi connectivity index (χ3v) is 11.2. The van der Waals surface area contributed by atoms with Crippen LogP contribution in [0.15, 0.2) is 122 Å². The fourth-order valence-electron chi connectivity index (χ4n) is 7.95. The standard InChI is InChI=1S/C32H12BF24.C12H8N2.C4H10O.CH3.Pd/c34-25(35,36)13-1-14(26(37,38)39)6-21(5-13)33(22-7-15(27(40,41)42)2-16(8-22)28(43,44)45,23-9-17(29(46,47)48)3-18(10-23)30(49,50)51)24-11-19(31(52,53)54)4-20(12-24)32(55,56)57;1-3-9-5-6-10-4-2-8-14-12(10)11(9)13-7-1;1-3-5-4-2;;/h1-12H;1-8H;3-4H2,1-2H3;1H3;/q-1;;;-1;+2. The van der Waals surface area contributed by atoms with Crippen molar-refractivity contribution in [2.24, 2.45) is 0 Å². The van der Waals surface area contributed by atoms with Crippen molar-refractivity contribution in [2.45, 2.75) is 63.3 Å². The van der Waals surface area contributed by atoms with E-state index >= 15 is 0 Å². The van der Waals surface area contributed by atoms with Crippen LogP contribution in [-0.2, 0) is 74.6 Å². The number of aromatic nitrogens is 2. The second-order valence-electron chi connectivity index (χ2n) is 16.2. The minimum Gasteiger partial charge on any atom is -0.382 e. The van der Waals surface area contributed by atoms with Crippen LogP contribution in [0.3, 0.4) is 0 Å². The van der Waals surface area contributed by atoms with Crippen LogP contribution in [-0.4, -0.2) is 29.3 Å². The van der Waals surface area contributed by atoms with Crippen LogP contribution in [0, 0.1) is 7.43 Å². The van der Waals surface area contributed by atoms with Gasteiger partial charge in [-0.1, -0.05) is 72.8 Å². The molecule has 7 aromatic rings. The average molecular weight is 1240 g/mol. The molecule has 0 atom stereocenters. The van der Waals surface area contributed by atoms with Gasteiger partial charge in [-0.15, -0.1) is 0 Å². The zero-order valence-electron chi connectivity index (χ0n) is 39.2. The van der Waals surface area contributed by atoms with Gasteiger partial charge < -0.3 is 12.2 Å². The van der Waals surface area contributed by atoms with E-state index in [1.165, 1.54) is 0 Å². The zero-order chi connectivity index (χ0) is 57.4. The molecule has 0 saturated carbocycles. The number of rotatable bonds is 6. The fraction of sp³-hybridized carbons (Fsp3) is 0.245. The summed E-state index contributed by atoms with van der Waals surface area (Å²) in [5.41, 5.74) is -28.2. The Morgan fingerprint density at radius 1 is 0.333 bits per heavy atom. The molecule has 0 N–H and O–H groups in total. The maximum atomic E-state index is 14.2. The van der Waals surface area contributed by atoms with Crippen molar-refractivity contribution in [3.05, 3.63) is 174 Å². The van der Waals surface area contributed by atoms with Gasteiger partial charge >= 0.3 is 69.8 Å². The van der Waals surface area contributed by atoms with Crippen LogP contribution in [0.2, 0.25) is 0 Å². The van der Waals surface area contributed by atoms with Gasteiger partial charge in [-0.2, -0.15) is 127 Å². The van der Waals surface area contributed by atoms with Gasteiger partial charge in [0.25, 0.3) is 0 Å². The third-order valence-electron chi connectivity index (χ3n) is 11.2. The number of hydrogen-bond acceptors (Lipinski definition) is 3. The molecule has 0 aliphatic heterocycles. The van der Waals surface area contributed by atoms with Crippen molar-refractivity contribution in [1.29, 1.82) is 0 Å². The van der Waals surface area contributed by atoms with E-state index in [2.05, 4.69) is 34.2 Å². The van der Waals surface area contributed by atoms with Crippen LogP contribution < -0.4 is 21.9 Å². The van der Waals surface area contributed by atoms with E-state index in [-0.39, 0.29) is 27.8 Å². The number of fused-ring (bicyclic) bond motifs is 3. The predicted octanol–water partition coefficient (Wildman–Crippen LogP) is 15.5. The molecule has 0 aliphatic rings. The number of nitrogens with zero attached hydrogens (tertiary/aromatic N) is 2. The van der Waals surface area contributed by atoms with Crippen molar-refractivity contribution < 1.29 is 131 Å². The van der Waals surface area contributed by atoms with Gasteiger partial charge in [0.05, 0.1) is 55.5 Å². The van der Waals surface area contributed by atoms with Crippen LogP contribution in [0.5, 0.6) is 0 Å². The summed E-state index contributed by atoms with van der Waals surface area (Å²) in [6, 6.07) is 3.33. The molecular weight excluding hydrogens is 1210 g/mol. The number of benzene rings is 5. The van der Waals surface area contributed by atoms with E-state index in [9.17, 15) is 105 Å². The minimum absolute atomic E-state index is 0. The number of pyridine rings is 2. The minimum atomic E-state index is -6.13. The maximum Gasteiger partial charge on any atom is 2.00 e. The van der Waals surface area contributed by atoms with Crippen molar-refractivity contribution in [3.8, 4) is 0 Å². The van der Waals surface area contributed by atoms with Crippen LogP contribution in [0.1, 0.15) is 58.4 Å². The van der Waals surface area contributed by atoms with E-state index in [1.807, 2.05) is 26.0 Å². The Morgan fingerprint density at radius 3 is 0.679 bits per heavy atom. The molecule has 2 aromatic heterocycles. The van der Waals surface area contributed by atoms with E-state index in [4.69, 9.17) is 4.74 Å². The number of ether oxygens (including phenoxy) is 1. The smallest absolute Gasteiger partial charge is 0.382 e. The maximum absolute atomic E-state index is 14.2. The van der Waals surface area contributed by atoms with Gasteiger partial charge in [0.2, 0.25) is 0 Å². The van der Waals surface area contributed by atoms with Gasteiger partial charge in [-0.05, 0) is 50.2 Å². The molecule has 7 rings (SSSR count). The zero-order valence-corrected chi connectivity index (χ0v) is 40.8. The number of halogens is 24. The Hall–Kier alpha value is -6.07. The van der Waals surface area contributed by atoms with E-state index in [1.54, 1.807) is 12.4 Å². The first-order chi connectivity index (χ1) is 34.6. The second kappa shape index (κ2) is 23.7. The summed E-state index contributed by atoms with van der Waals surface area (Å²) in [7, 11) is 0. The van der Waals surface area contributed by atoms with Crippen LogP contribution in [0.4, 0.5) is 105 Å². The molecule has 78 heavy (non-hydrogen) atoms. The quantitative estimate of drug-likeness (QED) is 0.0720. The van der Waals surface area contributed by atoms with Crippen LogP contribution >= 0.6 is 0 Å². The van der Waals surface area contributed by atoms with Gasteiger partial charge in [0.15, 0.2) is 0 Å². The largest absolute Gasteiger partial charge is 2.00 e. The Balaban J connectivity index is 0.000000632. The predicted molar refractivity (Wildman–Crippen MR) is 236 cm³/mol. The molecule has 426 valence electrons. The summed E-state index contributed by atoms with van der Waals surface area (Å²) in [5, 5.41) is 2.28. The summed E-state index contributed by atoms with van der Waals surface area (Å²) in [6.07, 6.45) is -51.2. The summed E-state index contributed by atoms with van der Waals surface area (Å²) in [5.74, 6) is 0. The third kappa shape index (κ3) is 15.4. The molecular formula is C49H33BF24N2OPd. The van der Waals surface area contributed by atoms with Crippen molar-refractivity contribution in [3.63, 3.8) is 0 Å².